The molecule has 9 heteroatoms. The lowest BCUT2D eigenvalue weighted by molar-refractivity contribution is -0.137. The van der Waals surface area contributed by atoms with Crippen LogP contribution in [0.2, 0.25) is 0 Å². The molecule has 0 saturated carbocycles. The molecule has 6 nitrogen and oxygen atoms in total. The molecular weight excluding hydrogens is 433 g/mol. The first kappa shape index (κ1) is 24.6. The van der Waals surface area contributed by atoms with E-state index in [2.05, 4.69) is 16.8 Å². The third kappa shape index (κ3) is 6.25. The van der Waals surface area contributed by atoms with Crippen molar-refractivity contribution in [2.24, 2.45) is 0 Å². The molecule has 0 radical (unpaired) electrons. The molecule has 1 N–H and O–H groups in total. The van der Waals surface area contributed by atoms with Crippen LogP contribution in [0.15, 0.2) is 49.1 Å². The third-order valence-corrected chi connectivity index (χ3v) is 5.58. The zero-order valence-electron chi connectivity index (χ0n) is 19.0. The summed E-state index contributed by atoms with van der Waals surface area (Å²) in [5.74, 6) is 0.813. The molecule has 0 aliphatic heterocycles. The first-order valence-electron chi connectivity index (χ1n) is 10.7. The van der Waals surface area contributed by atoms with Gasteiger partial charge in [0.2, 0.25) is 5.91 Å². The Hall–Kier alpha value is -3.07. The fourth-order valence-electron chi connectivity index (χ4n) is 3.70. The maximum Gasteiger partial charge on any atom is 0.416 e. The second kappa shape index (κ2) is 10.2. The molecule has 0 unspecified atom stereocenters. The number of halogens is 3. The van der Waals surface area contributed by atoms with Crippen molar-refractivity contribution in [2.45, 2.75) is 31.2 Å². The van der Waals surface area contributed by atoms with Gasteiger partial charge in [-0.25, -0.2) is 4.98 Å². The van der Waals surface area contributed by atoms with Crippen molar-refractivity contribution in [3.63, 3.8) is 0 Å². The number of hydrogen-bond acceptors (Lipinski definition) is 5. The van der Waals surface area contributed by atoms with Crippen molar-refractivity contribution in [1.29, 1.82) is 0 Å². The van der Waals surface area contributed by atoms with Crippen molar-refractivity contribution >= 4 is 11.7 Å². The highest BCUT2D eigenvalue weighted by Gasteiger charge is 2.32. The van der Waals surface area contributed by atoms with E-state index < -0.39 is 17.8 Å². The molecule has 0 saturated heterocycles. The van der Waals surface area contributed by atoms with Crippen molar-refractivity contribution in [3.8, 4) is 5.75 Å². The molecule has 2 atom stereocenters. The Bertz CT molecular complexity index is 977. The molecule has 0 bridgehead atoms. The van der Waals surface area contributed by atoms with Crippen molar-refractivity contribution in [2.75, 3.05) is 39.1 Å². The summed E-state index contributed by atoms with van der Waals surface area (Å²) in [7, 11) is 5.94. The summed E-state index contributed by atoms with van der Waals surface area (Å²) in [6, 6.07) is 8.24. The molecule has 1 aromatic carbocycles. The zero-order valence-corrected chi connectivity index (χ0v) is 19.0. The standard InChI is InChI=1S/C24H29F3N4O2/c1-5-22(32)28-19-11-12-20(33-17-8-6-16(7-9-17)24(25,26)27)23-18(19)10-13-21(29-23)31(4)15-14-30(2)3/h5-10,13,19-20H,1,11-12,14-15H2,2-4H3,(H,28,32)/t19-,20+/m0/s1. The fourth-order valence-corrected chi connectivity index (χ4v) is 3.70. The van der Waals surface area contributed by atoms with Crippen LogP contribution in [-0.2, 0) is 11.0 Å². The largest absolute Gasteiger partial charge is 0.484 e. The predicted octanol–water partition coefficient (Wildman–Crippen LogP) is 4.36. The number of aromatic nitrogens is 1. The Labute approximate surface area is 192 Å². The zero-order chi connectivity index (χ0) is 24.2. The van der Waals surface area contributed by atoms with Gasteiger partial charge < -0.3 is 19.9 Å². The predicted molar refractivity (Wildman–Crippen MR) is 121 cm³/mol. The molecule has 0 spiro atoms. The van der Waals surface area contributed by atoms with Crippen molar-refractivity contribution in [3.05, 3.63) is 65.9 Å². The molecule has 33 heavy (non-hydrogen) atoms. The van der Waals surface area contributed by atoms with E-state index in [4.69, 9.17) is 9.72 Å². The summed E-state index contributed by atoms with van der Waals surface area (Å²) in [6.07, 6.45) is -2.47. The maximum absolute atomic E-state index is 12.9. The highest BCUT2D eigenvalue weighted by atomic mass is 19.4. The highest BCUT2D eigenvalue weighted by molar-refractivity contribution is 5.87. The van der Waals surface area contributed by atoms with E-state index in [1.807, 2.05) is 38.2 Å². The fraction of sp³-hybridized carbons (Fsp3) is 0.417. The van der Waals surface area contributed by atoms with Crippen molar-refractivity contribution in [1.82, 2.24) is 15.2 Å². The van der Waals surface area contributed by atoms with E-state index >= 15 is 0 Å². The number of pyridine rings is 1. The lowest BCUT2D eigenvalue weighted by Gasteiger charge is -2.32. The van der Waals surface area contributed by atoms with Crippen LogP contribution >= 0.6 is 0 Å². The molecule has 1 aromatic heterocycles. The van der Waals surface area contributed by atoms with Crippen LogP contribution in [0.1, 0.15) is 41.8 Å². The van der Waals surface area contributed by atoms with E-state index in [-0.39, 0.29) is 11.9 Å². The Kier molecular flexibility index (Phi) is 7.63. The summed E-state index contributed by atoms with van der Waals surface area (Å²) >= 11 is 0. The molecule has 3 rings (SSSR count). The Balaban J connectivity index is 1.89. The van der Waals surface area contributed by atoms with Gasteiger partial charge in [-0.1, -0.05) is 12.6 Å². The SMILES string of the molecule is C=CC(=O)N[C@H]1CC[C@@H](Oc2ccc(C(F)(F)F)cc2)c2nc(N(C)CCN(C)C)ccc21. The summed E-state index contributed by atoms with van der Waals surface area (Å²) in [5.41, 5.74) is 0.775. The number of nitrogens with one attached hydrogen (secondary N) is 1. The number of anilines is 1. The van der Waals surface area contributed by atoms with Crippen LogP contribution < -0.4 is 15.0 Å². The number of likely N-dealkylation sites (N-methyl/N-ethyl adjacent to an activating group) is 2. The third-order valence-electron chi connectivity index (χ3n) is 5.58. The van der Waals surface area contributed by atoms with Gasteiger partial charge in [0.05, 0.1) is 17.3 Å². The number of ether oxygens (including phenoxy) is 1. The lowest BCUT2D eigenvalue weighted by atomic mass is 9.89. The number of hydrogen-bond donors (Lipinski definition) is 1. The lowest BCUT2D eigenvalue weighted by Crippen LogP contribution is -2.33. The monoisotopic (exact) mass is 462 g/mol. The van der Waals surface area contributed by atoms with Crippen molar-refractivity contribution < 1.29 is 22.7 Å². The Morgan fingerprint density at radius 2 is 1.85 bits per heavy atom. The molecule has 0 fully saturated rings. The van der Waals surface area contributed by atoms with Crippen LogP contribution in [0.25, 0.3) is 0 Å². The first-order valence-corrected chi connectivity index (χ1v) is 10.7. The molecule has 1 amide bonds. The summed E-state index contributed by atoms with van der Waals surface area (Å²) in [5, 5.41) is 2.92. The van der Waals surface area contributed by atoms with Crippen LogP contribution in [0.4, 0.5) is 19.0 Å². The number of fused-ring (bicyclic) bond motifs is 1. The number of carbonyl (C=O) groups is 1. The Morgan fingerprint density at radius 1 is 1.15 bits per heavy atom. The number of alkyl halides is 3. The smallest absolute Gasteiger partial charge is 0.416 e. The first-order chi connectivity index (χ1) is 15.6. The summed E-state index contributed by atoms with van der Waals surface area (Å²) < 4.78 is 44.7. The van der Waals surface area contributed by atoms with Crippen LogP contribution in [0.5, 0.6) is 5.75 Å². The average molecular weight is 463 g/mol. The van der Waals surface area contributed by atoms with Gasteiger partial charge in [0, 0.05) is 20.1 Å². The normalized spacial score (nSPS) is 17.9. The minimum atomic E-state index is -4.40. The van der Waals surface area contributed by atoms with E-state index in [0.29, 0.717) is 24.3 Å². The van der Waals surface area contributed by atoms with Gasteiger partial charge in [-0.05, 0) is 68.9 Å². The number of benzene rings is 1. The molecule has 178 valence electrons. The number of rotatable bonds is 8. The van der Waals surface area contributed by atoms with Gasteiger partial charge in [-0.15, -0.1) is 0 Å². The Morgan fingerprint density at radius 3 is 2.45 bits per heavy atom. The highest BCUT2D eigenvalue weighted by Crippen LogP contribution is 2.39. The average Bonchev–Trinajstić information content (AvgIpc) is 2.78. The van der Waals surface area contributed by atoms with Gasteiger partial charge in [0.25, 0.3) is 0 Å². The molecule has 1 aliphatic carbocycles. The van der Waals surface area contributed by atoms with Crippen LogP contribution in [0.3, 0.4) is 0 Å². The second-order valence-electron chi connectivity index (χ2n) is 8.34. The minimum absolute atomic E-state index is 0.244. The topological polar surface area (TPSA) is 57.7 Å². The van der Waals surface area contributed by atoms with E-state index in [1.165, 1.54) is 18.2 Å². The van der Waals surface area contributed by atoms with Gasteiger partial charge in [0.1, 0.15) is 17.7 Å². The van der Waals surface area contributed by atoms with Gasteiger partial charge >= 0.3 is 6.18 Å². The summed E-state index contributed by atoms with van der Waals surface area (Å²) in [6.45, 7) is 5.12. The quantitative estimate of drug-likeness (QED) is 0.591. The molecular formula is C24H29F3N4O2. The maximum atomic E-state index is 12.9. The van der Waals surface area contributed by atoms with E-state index in [0.717, 1.165) is 36.6 Å². The van der Waals surface area contributed by atoms with Gasteiger partial charge in [-0.2, -0.15) is 13.2 Å². The van der Waals surface area contributed by atoms with E-state index in [1.54, 1.807) is 0 Å². The molecule has 1 aliphatic rings. The molecule has 2 aromatic rings. The summed E-state index contributed by atoms with van der Waals surface area (Å²) in [4.78, 5) is 20.9. The van der Waals surface area contributed by atoms with E-state index in [9.17, 15) is 18.0 Å². The van der Waals surface area contributed by atoms with Gasteiger partial charge in [-0.3, -0.25) is 4.79 Å². The minimum Gasteiger partial charge on any atom is -0.484 e. The number of nitrogens with zero attached hydrogens (tertiary/aromatic N) is 3. The van der Waals surface area contributed by atoms with Crippen LogP contribution in [-0.4, -0.2) is 50.0 Å². The van der Waals surface area contributed by atoms with Crippen LogP contribution in [0, 0.1) is 0 Å². The number of amides is 1. The number of carbonyl (C=O) groups excluding carboxylic acids is 1. The molecule has 1 heterocycles. The van der Waals surface area contributed by atoms with Gasteiger partial charge in [0.15, 0.2) is 0 Å². The second-order valence-corrected chi connectivity index (χ2v) is 8.34.